The number of nitrogens with two attached hydrogens (primary N) is 2. The van der Waals surface area contributed by atoms with E-state index in [0.29, 0.717) is 18.2 Å². The lowest BCUT2D eigenvalue weighted by molar-refractivity contribution is 0.261. The minimum absolute atomic E-state index is 0.270. The summed E-state index contributed by atoms with van der Waals surface area (Å²) in [6.45, 7) is 0.323. The van der Waals surface area contributed by atoms with Gasteiger partial charge in [0.05, 0.1) is 12.0 Å². The maximum atomic E-state index is 5.53. The van der Waals surface area contributed by atoms with Crippen LogP contribution in [0.3, 0.4) is 0 Å². The summed E-state index contributed by atoms with van der Waals surface area (Å²) in [5.74, 6) is 1.43. The van der Waals surface area contributed by atoms with E-state index in [4.69, 9.17) is 20.6 Å². The van der Waals surface area contributed by atoms with Gasteiger partial charge in [0.2, 0.25) is 5.88 Å². The molecule has 0 spiro atoms. The lowest BCUT2D eigenvalue weighted by atomic mass is 10.4. The second-order valence-electron chi connectivity index (χ2n) is 2.99. The predicted molar refractivity (Wildman–Crippen MR) is 56.1 cm³/mol. The zero-order chi connectivity index (χ0) is 10.7. The zero-order valence-electron chi connectivity index (χ0n) is 8.01. The van der Waals surface area contributed by atoms with Crippen LogP contribution in [0.25, 0.3) is 0 Å². The van der Waals surface area contributed by atoms with Crippen molar-refractivity contribution in [2.24, 2.45) is 0 Å². The monoisotopic (exact) mass is 205 g/mol. The molecule has 2 aromatic rings. The number of pyridine rings is 1. The SMILES string of the molecule is Nc1ccc(OCc2ccco2)nc1N. The molecule has 5 heteroatoms. The normalized spacial score (nSPS) is 10.1. The molecule has 0 aliphatic carbocycles. The number of anilines is 2. The Morgan fingerprint density at radius 2 is 2.13 bits per heavy atom. The Hall–Kier alpha value is -2.17. The number of rotatable bonds is 3. The molecule has 0 saturated carbocycles. The Morgan fingerprint density at radius 1 is 1.27 bits per heavy atom. The van der Waals surface area contributed by atoms with Gasteiger partial charge in [0.1, 0.15) is 12.4 Å². The summed E-state index contributed by atoms with van der Waals surface area (Å²) >= 11 is 0. The third-order valence-corrected chi connectivity index (χ3v) is 1.87. The fourth-order valence-electron chi connectivity index (χ4n) is 1.09. The number of nitrogen functional groups attached to an aromatic ring is 2. The van der Waals surface area contributed by atoms with E-state index in [-0.39, 0.29) is 5.82 Å². The van der Waals surface area contributed by atoms with Crippen molar-refractivity contribution in [2.75, 3.05) is 11.5 Å². The predicted octanol–water partition coefficient (Wildman–Crippen LogP) is 1.42. The van der Waals surface area contributed by atoms with Gasteiger partial charge in [0.15, 0.2) is 5.82 Å². The van der Waals surface area contributed by atoms with E-state index in [1.807, 2.05) is 6.07 Å². The van der Waals surface area contributed by atoms with Crippen LogP contribution in [0.5, 0.6) is 5.88 Å². The van der Waals surface area contributed by atoms with Crippen molar-refractivity contribution >= 4 is 11.5 Å². The van der Waals surface area contributed by atoms with Gasteiger partial charge in [0.25, 0.3) is 0 Å². The molecule has 0 unspecified atom stereocenters. The molecule has 0 atom stereocenters. The van der Waals surface area contributed by atoms with Crippen molar-refractivity contribution in [1.29, 1.82) is 0 Å². The molecule has 2 rings (SSSR count). The van der Waals surface area contributed by atoms with Crippen molar-refractivity contribution in [3.63, 3.8) is 0 Å². The first-order valence-corrected chi connectivity index (χ1v) is 4.43. The Labute approximate surface area is 86.7 Å². The summed E-state index contributed by atoms with van der Waals surface area (Å²) in [6.07, 6.45) is 1.59. The first-order valence-electron chi connectivity index (χ1n) is 4.43. The number of hydrogen-bond acceptors (Lipinski definition) is 5. The summed E-state index contributed by atoms with van der Waals surface area (Å²) in [4.78, 5) is 3.96. The molecule has 0 aromatic carbocycles. The summed E-state index contributed by atoms with van der Waals surface area (Å²) in [6, 6.07) is 6.93. The minimum Gasteiger partial charge on any atom is -0.469 e. The van der Waals surface area contributed by atoms with Gasteiger partial charge in [-0.05, 0) is 18.2 Å². The second-order valence-corrected chi connectivity index (χ2v) is 2.99. The van der Waals surface area contributed by atoms with Gasteiger partial charge in [-0.25, -0.2) is 0 Å². The molecule has 0 bridgehead atoms. The van der Waals surface area contributed by atoms with Crippen LogP contribution in [-0.4, -0.2) is 4.98 Å². The summed E-state index contributed by atoms with van der Waals surface area (Å²) in [7, 11) is 0. The number of aromatic nitrogens is 1. The summed E-state index contributed by atoms with van der Waals surface area (Å²) < 4.78 is 10.4. The average Bonchev–Trinajstić information content (AvgIpc) is 2.73. The van der Waals surface area contributed by atoms with E-state index in [0.717, 1.165) is 5.76 Å². The van der Waals surface area contributed by atoms with Crippen LogP contribution >= 0.6 is 0 Å². The fraction of sp³-hybridized carbons (Fsp3) is 0.100. The van der Waals surface area contributed by atoms with Crippen LogP contribution < -0.4 is 16.2 Å². The lowest BCUT2D eigenvalue weighted by Crippen LogP contribution is -2.01. The maximum Gasteiger partial charge on any atom is 0.215 e. The molecular formula is C10H11N3O2. The zero-order valence-corrected chi connectivity index (χ0v) is 8.01. The molecule has 78 valence electrons. The topological polar surface area (TPSA) is 87.3 Å². The van der Waals surface area contributed by atoms with E-state index < -0.39 is 0 Å². The lowest BCUT2D eigenvalue weighted by Gasteiger charge is -2.04. The highest BCUT2D eigenvalue weighted by Gasteiger charge is 2.01. The van der Waals surface area contributed by atoms with Crippen LogP contribution in [0, 0.1) is 0 Å². The molecule has 0 fully saturated rings. The number of nitrogens with zero attached hydrogens (tertiary/aromatic N) is 1. The third kappa shape index (κ3) is 2.19. The summed E-state index contributed by atoms with van der Waals surface area (Å²) in [5, 5.41) is 0. The molecule has 4 N–H and O–H groups in total. The van der Waals surface area contributed by atoms with E-state index in [1.54, 1.807) is 24.5 Å². The van der Waals surface area contributed by atoms with E-state index in [1.165, 1.54) is 0 Å². The number of hydrogen-bond donors (Lipinski definition) is 2. The van der Waals surface area contributed by atoms with Gasteiger partial charge in [-0.15, -0.1) is 0 Å². The van der Waals surface area contributed by atoms with Crippen LogP contribution in [0.1, 0.15) is 5.76 Å². The largest absolute Gasteiger partial charge is 0.469 e. The quantitative estimate of drug-likeness (QED) is 0.791. The molecule has 5 nitrogen and oxygen atoms in total. The Morgan fingerprint density at radius 3 is 2.80 bits per heavy atom. The van der Waals surface area contributed by atoms with Crippen molar-refractivity contribution in [1.82, 2.24) is 4.98 Å². The van der Waals surface area contributed by atoms with Crippen LogP contribution in [-0.2, 0) is 6.61 Å². The molecule has 15 heavy (non-hydrogen) atoms. The first kappa shape index (κ1) is 9.39. The molecule has 0 saturated heterocycles. The van der Waals surface area contributed by atoms with Gasteiger partial charge in [-0.2, -0.15) is 4.98 Å². The number of ether oxygens (including phenoxy) is 1. The van der Waals surface area contributed by atoms with E-state index in [9.17, 15) is 0 Å². The smallest absolute Gasteiger partial charge is 0.215 e. The van der Waals surface area contributed by atoms with Crippen molar-refractivity contribution in [3.05, 3.63) is 36.3 Å². The van der Waals surface area contributed by atoms with Gasteiger partial charge in [-0.3, -0.25) is 0 Å². The van der Waals surface area contributed by atoms with Crippen molar-refractivity contribution in [3.8, 4) is 5.88 Å². The minimum atomic E-state index is 0.270. The Bertz CT molecular complexity index is 440. The van der Waals surface area contributed by atoms with Gasteiger partial charge in [0, 0.05) is 6.07 Å². The van der Waals surface area contributed by atoms with Gasteiger partial charge in [-0.1, -0.05) is 0 Å². The second kappa shape index (κ2) is 3.91. The number of furan rings is 1. The molecule has 0 radical (unpaired) electrons. The van der Waals surface area contributed by atoms with Crippen molar-refractivity contribution < 1.29 is 9.15 Å². The fourth-order valence-corrected chi connectivity index (χ4v) is 1.09. The third-order valence-electron chi connectivity index (χ3n) is 1.87. The average molecular weight is 205 g/mol. The molecule has 0 amide bonds. The maximum absolute atomic E-state index is 5.53. The van der Waals surface area contributed by atoms with E-state index in [2.05, 4.69) is 4.98 Å². The van der Waals surface area contributed by atoms with Crippen LogP contribution in [0.4, 0.5) is 11.5 Å². The Kier molecular flexibility index (Phi) is 2.45. The summed E-state index contributed by atoms with van der Waals surface area (Å²) in [5.41, 5.74) is 11.5. The molecular weight excluding hydrogens is 194 g/mol. The highest BCUT2D eigenvalue weighted by Crippen LogP contribution is 2.17. The molecule has 2 heterocycles. The van der Waals surface area contributed by atoms with Gasteiger partial charge >= 0.3 is 0 Å². The first-order chi connectivity index (χ1) is 7.25. The van der Waals surface area contributed by atoms with E-state index >= 15 is 0 Å². The molecule has 0 aliphatic heterocycles. The highest BCUT2D eigenvalue weighted by atomic mass is 16.5. The Balaban J connectivity index is 2.02. The van der Waals surface area contributed by atoms with Crippen LogP contribution in [0.15, 0.2) is 34.9 Å². The standard InChI is InChI=1S/C10H11N3O2/c11-8-3-4-9(13-10(8)12)15-6-7-2-1-5-14-7/h1-5H,6,11H2,(H2,12,13). The van der Waals surface area contributed by atoms with Gasteiger partial charge < -0.3 is 20.6 Å². The highest BCUT2D eigenvalue weighted by molar-refractivity contribution is 5.58. The van der Waals surface area contributed by atoms with Crippen LogP contribution in [0.2, 0.25) is 0 Å². The van der Waals surface area contributed by atoms with Crippen molar-refractivity contribution in [2.45, 2.75) is 6.61 Å². The molecule has 0 aliphatic rings. The molecule has 2 aromatic heterocycles.